The van der Waals surface area contributed by atoms with E-state index in [1.807, 2.05) is 11.8 Å². The summed E-state index contributed by atoms with van der Waals surface area (Å²) in [6.45, 7) is 6.77. The highest BCUT2D eigenvalue weighted by Crippen LogP contribution is 2.26. The SMILES string of the molecule is CCN(CC)c1n[nH]c(NCC2CCSC2)c1C#N. The van der Waals surface area contributed by atoms with Crippen LogP contribution in [-0.4, -0.2) is 41.3 Å². The largest absolute Gasteiger partial charge is 0.369 e. The number of anilines is 2. The van der Waals surface area contributed by atoms with Gasteiger partial charge in [-0.2, -0.15) is 22.1 Å². The maximum absolute atomic E-state index is 9.34. The van der Waals surface area contributed by atoms with Crippen molar-refractivity contribution in [3.8, 4) is 6.07 Å². The topological polar surface area (TPSA) is 67.7 Å². The molecule has 1 aromatic heterocycles. The van der Waals surface area contributed by atoms with Gasteiger partial charge in [-0.15, -0.1) is 0 Å². The first kappa shape index (κ1) is 14.1. The number of hydrogen-bond acceptors (Lipinski definition) is 5. The Hall–Kier alpha value is -1.35. The summed E-state index contributed by atoms with van der Waals surface area (Å²) in [5.74, 6) is 4.70. The molecule has 0 saturated carbocycles. The normalized spacial score (nSPS) is 18.3. The second-order valence-corrected chi connectivity index (χ2v) is 5.84. The smallest absolute Gasteiger partial charge is 0.170 e. The molecule has 104 valence electrons. The van der Waals surface area contributed by atoms with E-state index in [4.69, 9.17) is 0 Å². The summed E-state index contributed by atoms with van der Waals surface area (Å²) in [7, 11) is 0. The summed E-state index contributed by atoms with van der Waals surface area (Å²) >= 11 is 2.01. The van der Waals surface area contributed by atoms with Crippen molar-refractivity contribution in [1.29, 1.82) is 5.26 Å². The van der Waals surface area contributed by atoms with Gasteiger partial charge in [0.05, 0.1) is 0 Å². The van der Waals surface area contributed by atoms with Crippen molar-refractivity contribution < 1.29 is 0 Å². The van der Waals surface area contributed by atoms with E-state index in [9.17, 15) is 5.26 Å². The molecule has 1 unspecified atom stereocenters. The van der Waals surface area contributed by atoms with Gasteiger partial charge in [0, 0.05) is 19.6 Å². The van der Waals surface area contributed by atoms with Crippen LogP contribution in [0.2, 0.25) is 0 Å². The van der Waals surface area contributed by atoms with Gasteiger partial charge in [0.2, 0.25) is 0 Å². The molecule has 1 saturated heterocycles. The minimum atomic E-state index is 0.634. The van der Waals surface area contributed by atoms with Gasteiger partial charge in [-0.05, 0) is 37.7 Å². The minimum absolute atomic E-state index is 0.634. The molecular weight excluding hydrogens is 258 g/mol. The molecule has 1 fully saturated rings. The lowest BCUT2D eigenvalue weighted by molar-refractivity contribution is 0.630. The third-order valence-electron chi connectivity index (χ3n) is 3.51. The van der Waals surface area contributed by atoms with E-state index in [2.05, 4.69) is 40.3 Å². The number of aromatic nitrogens is 2. The lowest BCUT2D eigenvalue weighted by atomic mass is 10.1. The van der Waals surface area contributed by atoms with Crippen LogP contribution in [0.5, 0.6) is 0 Å². The van der Waals surface area contributed by atoms with Crippen LogP contribution in [0.15, 0.2) is 0 Å². The Morgan fingerprint density at radius 3 is 2.89 bits per heavy atom. The van der Waals surface area contributed by atoms with E-state index in [1.54, 1.807) is 0 Å². The Balaban J connectivity index is 2.06. The predicted octanol–water partition coefficient (Wildman–Crippen LogP) is 2.29. The summed E-state index contributed by atoms with van der Waals surface area (Å²) in [4.78, 5) is 2.09. The third kappa shape index (κ3) is 3.16. The molecule has 0 radical (unpaired) electrons. The molecular formula is C13H21N5S. The van der Waals surface area contributed by atoms with Gasteiger partial charge >= 0.3 is 0 Å². The van der Waals surface area contributed by atoms with E-state index in [-0.39, 0.29) is 0 Å². The van der Waals surface area contributed by atoms with Gasteiger partial charge in [0.15, 0.2) is 5.82 Å². The van der Waals surface area contributed by atoms with Crippen molar-refractivity contribution in [2.75, 3.05) is 41.4 Å². The Kier molecular flexibility index (Phi) is 4.97. The molecule has 0 aromatic carbocycles. The fourth-order valence-electron chi connectivity index (χ4n) is 2.31. The lowest BCUT2D eigenvalue weighted by Crippen LogP contribution is -2.23. The molecule has 1 aliphatic heterocycles. The molecule has 0 aliphatic carbocycles. The minimum Gasteiger partial charge on any atom is -0.369 e. The third-order valence-corrected chi connectivity index (χ3v) is 4.74. The molecule has 1 aromatic rings. The Morgan fingerprint density at radius 2 is 2.32 bits per heavy atom. The molecule has 2 N–H and O–H groups in total. The molecule has 0 amide bonds. The van der Waals surface area contributed by atoms with E-state index in [0.29, 0.717) is 11.5 Å². The maximum Gasteiger partial charge on any atom is 0.170 e. The van der Waals surface area contributed by atoms with E-state index < -0.39 is 0 Å². The number of nitriles is 1. The van der Waals surface area contributed by atoms with Gasteiger partial charge in [0.1, 0.15) is 17.5 Å². The van der Waals surface area contributed by atoms with Gasteiger partial charge < -0.3 is 10.2 Å². The zero-order chi connectivity index (χ0) is 13.7. The monoisotopic (exact) mass is 279 g/mol. The molecule has 2 rings (SSSR count). The molecule has 19 heavy (non-hydrogen) atoms. The number of hydrogen-bond donors (Lipinski definition) is 2. The molecule has 0 spiro atoms. The van der Waals surface area contributed by atoms with Crippen molar-refractivity contribution in [2.24, 2.45) is 5.92 Å². The zero-order valence-electron chi connectivity index (χ0n) is 11.6. The summed E-state index contributed by atoms with van der Waals surface area (Å²) < 4.78 is 0. The Morgan fingerprint density at radius 1 is 1.53 bits per heavy atom. The summed E-state index contributed by atoms with van der Waals surface area (Å²) in [6.07, 6.45) is 1.26. The van der Waals surface area contributed by atoms with Crippen LogP contribution in [0.1, 0.15) is 25.8 Å². The van der Waals surface area contributed by atoms with E-state index >= 15 is 0 Å². The van der Waals surface area contributed by atoms with Gasteiger partial charge in [0.25, 0.3) is 0 Å². The molecule has 1 aliphatic rings. The first-order chi connectivity index (χ1) is 9.30. The summed E-state index contributed by atoms with van der Waals surface area (Å²) in [5, 5.41) is 19.9. The van der Waals surface area contributed by atoms with Crippen LogP contribution in [0.3, 0.4) is 0 Å². The highest BCUT2D eigenvalue weighted by molar-refractivity contribution is 7.99. The second-order valence-electron chi connectivity index (χ2n) is 4.69. The van der Waals surface area contributed by atoms with Crippen molar-refractivity contribution in [2.45, 2.75) is 20.3 Å². The number of aromatic amines is 1. The van der Waals surface area contributed by atoms with Crippen LogP contribution in [0.25, 0.3) is 0 Å². The summed E-state index contributed by atoms with van der Waals surface area (Å²) in [6, 6.07) is 2.27. The number of H-pyrrole nitrogens is 1. The van der Waals surface area contributed by atoms with Crippen LogP contribution >= 0.6 is 11.8 Å². The number of nitrogens with zero attached hydrogens (tertiary/aromatic N) is 3. The molecule has 1 atom stereocenters. The average molecular weight is 279 g/mol. The van der Waals surface area contributed by atoms with Crippen molar-refractivity contribution in [3.05, 3.63) is 5.56 Å². The molecule has 2 heterocycles. The van der Waals surface area contributed by atoms with Crippen LogP contribution in [0, 0.1) is 17.2 Å². The molecule has 5 nitrogen and oxygen atoms in total. The van der Waals surface area contributed by atoms with Gasteiger partial charge in [-0.3, -0.25) is 5.10 Å². The van der Waals surface area contributed by atoms with Crippen LogP contribution in [-0.2, 0) is 0 Å². The van der Waals surface area contributed by atoms with Gasteiger partial charge in [-0.1, -0.05) is 0 Å². The van der Waals surface area contributed by atoms with Crippen LogP contribution in [0.4, 0.5) is 11.6 Å². The molecule has 6 heteroatoms. The fraction of sp³-hybridized carbons (Fsp3) is 0.692. The predicted molar refractivity (Wildman–Crippen MR) is 80.8 cm³/mol. The highest BCUT2D eigenvalue weighted by Gasteiger charge is 2.19. The quantitative estimate of drug-likeness (QED) is 0.836. The van der Waals surface area contributed by atoms with E-state index in [1.165, 1.54) is 17.9 Å². The van der Waals surface area contributed by atoms with Gasteiger partial charge in [-0.25, -0.2) is 0 Å². The van der Waals surface area contributed by atoms with E-state index in [0.717, 1.165) is 31.3 Å². The van der Waals surface area contributed by atoms with Crippen molar-refractivity contribution in [1.82, 2.24) is 10.2 Å². The Labute approximate surface area is 118 Å². The highest BCUT2D eigenvalue weighted by atomic mass is 32.2. The maximum atomic E-state index is 9.34. The number of rotatable bonds is 6. The lowest BCUT2D eigenvalue weighted by Gasteiger charge is -2.17. The number of thioether (sulfide) groups is 1. The number of nitrogens with one attached hydrogen (secondary N) is 2. The average Bonchev–Trinajstić information content (AvgIpc) is 3.07. The zero-order valence-corrected chi connectivity index (χ0v) is 12.4. The Bertz CT molecular complexity index is 440. The first-order valence-electron chi connectivity index (χ1n) is 6.85. The molecule has 0 bridgehead atoms. The first-order valence-corrected chi connectivity index (χ1v) is 8.00. The van der Waals surface area contributed by atoms with Crippen LogP contribution < -0.4 is 10.2 Å². The second kappa shape index (κ2) is 6.71. The van der Waals surface area contributed by atoms with Crippen molar-refractivity contribution in [3.63, 3.8) is 0 Å². The van der Waals surface area contributed by atoms with Crippen molar-refractivity contribution >= 4 is 23.4 Å². The standard InChI is InChI=1S/C13H21N5S/c1-3-18(4-2)13-11(7-14)12(16-17-13)15-8-10-5-6-19-9-10/h10H,3-6,8-9H2,1-2H3,(H2,15,16,17). The fourth-order valence-corrected chi connectivity index (χ4v) is 3.59. The summed E-state index contributed by atoms with van der Waals surface area (Å²) in [5.41, 5.74) is 0.634.